The largest absolute Gasteiger partial charge is 0.496 e. The van der Waals surface area contributed by atoms with E-state index in [-0.39, 0.29) is 0 Å². The Morgan fingerprint density at radius 2 is 2.20 bits per heavy atom. The van der Waals surface area contributed by atoms with Crippen LogP contribution in [0, 0.1) is 6.92 Å². The van der Waals surface area contributed by atoms with Gasteiger partial charge in [0.15, 0.2) is 0 Å². The molecule has 4 nitrogen and oxygen atoms in total. The minimum atomic E-state index is 0.541. The molecule has 2 aromatic heterocycles. The molecule has 4 rings (SSSR count). The Kier molecular flexibility index (Phi) is 4.45. The lowest BCUT2D eigenvalue weighted by Crippen LogP contribution is -2.34. The first-order valence-electron chi connectivity index (χ1n) is 9.02. The van der Waals surface area contributed by atoms with Crippen LogP contribution in [0.25, 0.3) is 11.0 Å². The predicted octanol–water partition coefficient (Wildman–Crippen LogP) is 4.26. The van der Waals surface area contributed by atoms with E-state index >= 15 is 0 Å². The van der Waals surface area contributed by atoms with E-state index in [0.717, 1.165) is 31.0 Å². The molecule has 1 unspecified atom stereocenters. The predicted molar refractivity (Wildman–Crippen MR) is 101 cm³/mol. The van der Waals surface area contributed by atoms with Crippen LogP contribution in [0.4, 0.5) is 0 Å². The number of likely N-dealkylation sites (tertiary alicyclic amines) is 1. The highest BCUT2D eigenvalue weighted by molar-refractivity contribution is 5.76. The zero-order valence-corrected chi connectivity index (χ0v) is 15.0. The summed E-state index contributed by atoms with van der Waals surface area (Å²) < 4.78 is 5.55. The highest BCUT2D eigenvalue weighted by atomic mass is 16.5. The number of benzene rings is 1. The number of hydrogen-bond acceptors (Lipinski definition) is 3. The van der Waals surface area contributed by atoms with Gasteiger partial charge in [0.2, 0.25) is 0 Å². The number of methoxy groups -OCH3 is 1. The molecule has 3 heterocycles. The quantitative estimate of drug-likeness (QED) is 0.774. The van der Waals surface area contributed by atoms with Crippen molar-refractivity contribution in [1.29, 1.82) is 0 Å². The maximum absolute atomic E-state index is 5.55. The standard InChI is InChI=1S/C21H25N3O/c1-15-7-8-20(25-2)18(11-15)14-24-10-4-6-17(13-24)19-12-16-5-3-9-22-21(16)23-19/h3,5,7-9,11-12,17H,4,6,10,13-14H2,1-2H3,(H,22,23). The number of piperidine rings is 1. The number of nitrogens with one attached hydrogen (secondary N) is 1. The zero-order valence-electron chi connectivity index (χ0n) is 15.0. The van der Waals surface area contributed by atoms with E-state index < -0.39 is 0 Å². The number of nitrogens with zero attached hydrogens (tertiary/aromatic N) is 2. The maximum atomic E-state index is 5.55. The Morgan fingerprint density at radius 3 is 3.04 bits per heavy atom. The van der Waals surface area contributed by atoms with Crippen LogP contribution in [0.2, 0.25) is 0 Å². The molecule has 0 saturated carbocycles. The number of pyridine rings is 1. The summed E-state index contributed by atoms with van der Waals surface area (Å²) in [6.45, 7) is 5.30. The molecule has 1 aliphatic heterocycles. The third kappa shape index (κ3) is 3.40. The summed E-state index contributed by atoms with van der Waals surface area (Å²) in [7, 11) is 1.75. The molecule has 1 saturated heterocycles. The van der Waals surface area contributed by atoms with E-state index in [9.17, 15) is 0 Å². The molecule has 1 atom stereocenters. The van der Waals surface area contributed by atoms with Crippen molar-refractivity contribution in [3.63, 3.8) is 0 Å². The fourth-order valence-corrected chi connectivity index (χ4v) is 3.92. The second-order valence-corrected chi connectivity index (χ2v) is 7.06. The number of ether oxygens (including phenoxy) is 1. The molecule has 1 fully saturated rings. The molecule has 1 N–H and O–H groups in total. The number of aromatic amines is 1. The number of fused-ring (bicyclic) bond motifs is 1. The van der Waals surface area contributed by atoms with Gasteiger partial charge in [0, 0.05) is 41.8 Å². The van der Waals surface area contributed by atoms with E-state index in [1.54, 1.807) is 7.11 Å². The molecular formula is C21H25N3O. The van der Waals surface area contributed by atoms with Gasteiger partial charge in [-0.2, -0.15) is 0 Å². The summed E-state index contributed by atoms with van der Waals surface area (Å²) in [5, 5.41) is 1.20. The van der Waals surface area contributed by atoms with Crippen LogP contribution in [0.5, 0.6) is 5.75 Å². The highest BCUT2D eigenvalue weighted by Gasteiger charge is 2.23. The third-order valence-electron chi connectivity index (χ3n) is 5.19. The molecule has 0 spiro atoms. The summed E-state index contributed by atoms with van der Waals surface area (Å²) in [6, 6.07) is 12.8. The molecule has 1 aliphatic rings. The molecule has 0 aliphatic carbocycles. The maximum Gasteiger partial charge on any atom is 0.137 e. The summed E-state index contributed by atoms with van der Waals surface area (Å²) in [4.78, 5) is 10.5. The third-order valence-corrected chi connectivity index (χ3v) is 5.19. The lowest BCUT2D eigenvalue weighted by atomic mass is 9.94. The summed E-state index contributed by atoms with van der Waals surface area (Å²) in [5.41, 5.74) is 4.87. The minimum Gasteiger partial charge on any atom is -0.496 e. The number of aryl methyl sites for hydroxylation is 1. The van der Waals surface area contributed by atoms with Crippen LogP contribution in [0.3, 0.4) is 0 Å². The Morgan fingerprint density at radius 1 is 1.28 bits per heavy atom. The lowest BCUT2D eigenvalue weighted by molar-refractivity contribution is 0.196. The topological polar surface area (TPSA) is 41.1 Å². The first-order valence-corrected chi connectivity index (χ1v) is 9.02. The van der Waals surface area contributed by atoms with Gasteiger partial charge in [0.05, 0.1) is 7.11 Å². The summed E-state index contributed by atoms with van der Waals surface area (Å²) in [5.74, 6) is 1.53. The van der Waals surface area contributed by atoms with Crippen molar-refractivity contribution < 1.29 is 4.74 Å². The van der Waals surface area contributed by atoms with Gasteiger partial charge in [-0.15, -0.1) is 0 Å². The smallest absolute Gasteiger partial charge is 0.137 e. The van der Waals surface area contributed by atoms with Crippen molar-refractivity contribution in [2.45, 2.75) is 32.2 Å². The van der Waals surface area contributed by atoms with Crippen LogP contribution in [0.1, 0.15) is 35.6 Å². The van der Waals surface area contributed by atoms with Crippen LogP contribution in [-0.4, -0.2) is 35.1 Å². The van der Waals surface area contributed by atoms with Crippen molar-refractivity contribution in [2.24, 2.45) is 0 Å². The first-order chi connectivity index (χ1) is 12.2. The minimum absolute atomic E-state index is 0.541. The zero-order chi connectivity index (χ0) is 17.2. The molecule has 130 valence electrons. The van der Waals surface area contributed by atoms with Gasteiger partial charge in [-0.05, 0) is 50.6 Å². The first kappa shape index (κ1) is 16.2. The summed E-state index contributed by atoms with van der Waals surface area (Å²) >= 11 is 0. The number of aromatic nitrogens is 2. The van der Waals surface area contributed by atoms with Gasteiger partial charge in [0.25, 0.3) is 0 Å². The molecule has 3 aromatic rings. The van der Waals surface area contributed by atoms with E-state index in [0.29, 0.717) is 5.92 Å². The average molecular weight is 335 g/mol. The van der Waals surface area contributed by atoms with Crippen LogP contribution >= 0.6 is 0 Å². The molecule has 0 amide bonds. The molecular weight excluding hydrogens is 310 g/mol. The SMILES string of the molecule is COc1ccc(C)cc1CN1CCCC(c2cc3cccnc3[nH]2)C1. The fraction of sp³-hybridized carbons (Fsp3) is 0.381. The van der Waals surface area contributed by atoms with Crippen LogP contribution < -0.4 is 4.74 Å². The van der Waals surface area contributed by atoms with Crippen LogP contribution in [-0.2, 0) is 6.54 Å². The van der Waals surface area contributed by atoms with E-state index in [1.807, 2.05) is 12.3 Å². The average Bonchev–Trinajstić information content (AvgIpc) is 3.06. The van der Waals surface area contributed by atoms with E-state index in [2.05, 4.69) is 52.1 Å². The van der Waals surface area contributed by atoms with Crippen molar-refractivity contribution in [2.75, 3.05) is 20.2 Å². The van der Waals surface area contributed by atoms with Gasteiger partial charge in [-0.3, -0.25) is 4.90 Å². The van der Waals surface area contributed by atoms with Gasteiger partial charge in [-0.25, -0.2) is 4.98 Å². The molecule has 0 radical (unpaired) electrons. The normalized spacial score (nSPS) is 18.6. The molecule has 4 heteroatoms. The highest BCUT2D eigenvalue weighted by Crippen LogP contribution is 2.30. The Labute approximate surface area is 148 Å². The second-order valence-electron chi connectivity index (χ2n) is 7.06. The van der Waals surface area contributed by atoms with Gasteiger partial charge >= 0.3 is 0 Å². The Bertz CT molecular complexity index is 837. The van der Waals surface area contributed by atoms with Gasteiger partial charge in [-0.1, -0.05) is 17.7 Å². The molecule has 0 bridgehead atoms. The number of hydrogen-bond donors (Lipinski definition) is 1. The van der Waals surface area contributed by atoms with Crippen molar-refractivity contribution in [3.05, 3.63) is 59.4 Å². The Balaban J connectivity index is 1.52. The number of rotatable bonds is 4. The van der Waals surface area contributed by atoms with Crippen molar-refractivity contribution >= 4 is 11.0 Å². The number of H-pyrrole nitrogens is 1. The lowest BCUT2D eigenvalue weighted by Gasteiger charge is -2.32. The van der Waals surface area contributed by atoms with Gasteiger partial charge < -0.3 is 9.72 Å². The van der Waals surface area contributed by atoms with Crippen LogP contribution in [0.15, 0.2) is 42.6 Å². The van der Waals surface area contributed by atoms with Crippen molar-refractivity contribution in [3.8, 4) is 5.75 Å². The molecule has 25 heavy (non-hydrogen) atoms. The summed E-state index contributed by atoms with van der Waals surface area (Å²) in [6.07, 6.45) is 4.30. The second kappa shape index (κ2) is 6.89. The molecule has 1 aromatic carbocycles. The Hall–Kier alpha value is -2.33. The fourth-order valence-electron chi connectivity index (χ4n) is 3.92. The van der Waals surface area contributed by atoms with E-state index in [1.165, 1.54) is 35.0 Å². The van der Waals surface area contributed by atoms with E-state index in [4.69, 9.17) is 4.74 Å². The van der Waals surface area contributed by atoms with Crippen molar-refractivity contribution in [1.82, 2.24) is 14.9 Å². The van der Waals surface area contributed by atoms with Gasteiger partial charge in [0.1, 0.15) is 11.4 Å². The monoisotopic (exact) mass is 335 g/mol.